The average molecular weight is 257 g/mol. The molecule has 0 fully saturated rings. The molecule has 0 saturated heterocycles. The molecule has 1 N–H and O–H groups in total. The summed E-state index contributed by atoms with van der Waals surface area (Å²) in [6.45, 7) is 7.71. The number of hydrogen-bond acceptors (Lipinski definition) is 4. The molecule has 0 aliphatic rings. The normalized spacial score (nSPS) is 10.6. The summed E-state index contributed by atoms with van der Waals surface area (Å²) < 4.78 is 5.45. The lowest BCUT2D eigenvalue weighted by atomic mass is 10.1. The van der Waals surface area contributed by atoms with Gasteiger partial charge < -0.3 is 10.1 Å². The van der Waals surface area contributed by atoms with Crippen molar-refractivity contribution in [2.24, 2.45) is 0 Å². The molecular weight excluding hydrogens is 238 g/mol. The van der Waals surface area contributed by atoms with Crippen LogP contribution in [0.2, 0.25) is 0 Å². The van der Waals surface area contributed by atoms with Crippen LogP contribution >= 0.6 is 0 Å². The van der Waals surface area contributed by atoms with E-state index in [0.29, 0.717) is 13.2 Å². The first-order chi connectivity index (χ1) is 9.33. The van der Waals surface area contributed by atoms with E-state index in [1.54, 1.807) is 0 Å². The standard InChI is InChI=1S/C15H19N3O/c1-3-4-10-19-11-9-16-15-14-8-6-5-7-13(14)12(2)17-18-15/h3,5-8H,1,4,9-11H2,2H3,(H,16,18). The second-order valence-electron chi connectivity index (χ2n) is 4.30. The zero-order valence-electron chi connectivity index (χ0n) is 11.2. The minimum Gasteiger partial charge on any atom is -0.379 e. The molecule has 0 aliphatic carbocycles. The molecule has 0 saturated carbocycles. The maximum atomic E-state index is 5.45. The number of nitrogens with one attached hydrogen (secondary N) is 1. The minimum absolute atomic E-state index is 0.651. The van der Waals surface area contributed by atoms with Gasteiger partial charge in [0.1, 0.15) is 0 Å². The Hall–Kier alpha value is -1.94. The van der Waals surface area contributed by atoms with Crippen LogP contribution in [0.15, 0.2) is 36.9 Å². The summed E-state index contributed by atoms with van der Waals surface area (Å²) in [6, 6.07) is 8.14. The van der Waals surface area contributed by atoms with Crippen molar-refractivity contribution in [1.29, 1.82) is 0 Å². The Morgan fingerprint density at radius 3 is 2.79 bits per heavy atom. The minimum atomic E-state index is 0.651. The Morgan fingerprint density at radius 2 is 2.00 bits per heavy atom. The third-order valence-corrected chi connectivity index (χ3v) is 2.88. The van der Waals surface area contributed by atoms with Gasteiger partial charge in [0, 0.05) is 17.3 Å². The molecule has 0 aliphatic heterocycles. The molecule has 0 atom stereocenters. The van der Waals surface area contributed by atoms with Gasteiger partial charge >= 0.3 is 0 Å². The molecule has 0 radical (unpaired) electrons. The zero-order chi connectivity index (χ0) is 13.5. The number of benzene rings is 1. The van der Waals surface area contributed by atoms with Gasteiger partial charge in [-0.25, -0.2) is 0 Å². The first-order valence-electron chi connectivity index (χ1n) is 6.47. The van der Waals surface area contributed by atoms with Gasteiger partial charge in [-0.1, -0.05) is 30.3 Å². The highest BCUT2D eigenvalue weighted by atomic mass is 16.5. The van der Waals surface area contributed by atoms with E-state index in [-0.39, 0.29) is 0 Å². The van der Waals surface area contributed by atoms with Gasteiger partial charge in [0.25, 0.3) is 0 Å². The maximum Gasteiger partial charge on any atom is 0.156 e. The summed E-state index contributed by atoms with van der Waals surface area (Å²) in [7, 11) is 0. The van der Waals surface area contributed by atoms with Crippen LogP contribution in [0.1, 0.15) is 12.1 Å². The maximum absolute atomic E-state index is 5.45. The van der Waals surface area contributed by atoms with Gasteiger partial charge in [-0.15, -0.1) is 11.7 Å². The average Bonchev–Trinajstić information content (AvgIpc) is 2.45. The summed E-state index contributed by atoms with van der Waals surface area (Å²) in [4.78, 5) is 0. The second kappa shape index (κ2) is 6.85. The lowest BCUT2D eigenvalue weighted by Crippen LogP contribution is -2.11. The summed E-state index contributed by atoms with van der Waals surface area (Å²) in [5, 5.41) is 13.9. The quantitative estimate of drug-likeness (QED) is 0.612. The topological polar surface area (TPSA) is 47.0 Å². The smallest absolute Gasteiger partial charge is 0.156 e. The van der Waals surface area contributed by atoms with E-state index in [1.807, 2.05) is 25.1 Å². The predicted octanol–water partition coefficient (Wildman–Crippen LogP) is 2.94. The lowest BCUT2D eigenvalue weighted by Gasteiger charge is -2.09. The van der Waals surface area contributed by atoms with Crippen molar-refractivity contribution in [2.45, 2.75) is 13.3 Å². The molecule has 0 bridgehead atoms. The monoisotopic (exact) mass is 257 g/mol. The van der Waals surface area contributed by atoms with E-state index in [1.165, 1.54) is 0 Å². The molecule has 19 heavy (non-hydrogen) atoms. The van der Waals surface area contributed by atoms with Crippen LogP contribution < -0.4 is 5.32 Å². The van der Waals surface area contributed by atoms with E-state index < -0.39 is 0 Å². The van der Waals surface area contributed by atoms with Gasteiger partial charge in [0.2, 0.25) is 0 Å². The number of aryl methyl sites for hydroxylation is 1. The number of anilines is 1. The lowest BCUT2D eigenvalue weighted by molar-refractivity contribution is 0.149. The van der Waals surface area contributed by atoms with Gasteiger partial charge in [-0.05, 0) is 13.3 Å². The van der Waals surface area contributed by atoms with E-state index in [0.717, 1.165) is 35.2 Å². The van der Waals surface area contributed by atoms with Crippen LogP contribution in [0.4, 0.5) is 5.82 Å². The number of fused-ring (bicyclic) bond motifs is 1. The van der Waals surface area contributed by atoms with Crippen LogP contribution in [-0.2, 0) is 4.74 Å². The second-order valence-corrected chi connectivity index (χ2v) is 4.30. The predicted molar refractivity (Wildman–Crippen MR) is 78.4 cm³/mol. The SMILES string of the molecule is C=CCCOCCNc1nnc(C)c2ccccc12. The van der Waals surface area contributed by atoms with Gasteiger partial charge in [-0.2, -0.15) is 5.10 Å². The molecule has 1 aromatic carbocycles. The highest BCUT2D eigenvalue weighted by molar-refractivity contribution is 5.92. The van der Waals surface area contributed by atoms with Crippen molar-refractivity contribution >= 4 is 16.6 Å². The number of ether oxygens (including phenoxy) is 1. The number of aromatic nitrogens is 2. The van der Waals surface area contributed by atoms with Gasteiger partial charge in [0.05, 0.1) is 18.9 Å². The molecule has 0 spiro atoms. The highest BCUT2D eigenvalue weighted by Gasteiger charge is 2.04. The van der Waals surface area contributed by atoms with E-state index in [4.69, 9.17) is 4.74 Å². The molecule has 4 nitrogen and oxygen atoms in total. The fraction of sp³-hybridized carbons (Fsp3) is 0.333. The Labute approximate surface area is 113 Å². The van der Waals surface area contributed by atoms with E-state index >= 15 is 0 Å². The Morgan fingerprint density at radius 1 is 1.21 bits per heavy atom. The summed E-state index contributed by atoms with van der Waals surface area (Å²) in [5.74, 6) is 0.813. The molecule has 2 rings (SSSR count). The van der Waals surface area contributed by atoms with Crippen LogP contribution in [0, 0.1) is 6.92 Å². The molecule has 100 valence electrons. The fourth-order valence-electron chi connectivity index (χ4n) is 1.88. The number of rotatable bonds is 7. The van der Waals surface area contributed by atoms with E-state index in [9.17, 15) is 0 Å². The largest absolute Gasteiger partial charge is 0.379 e. The van der Waals surface area contributed by atoms with Gasteiger partial charge in [-0.3, -0.25) is 0 Å². The molecular formula is C15H19N3O. The summed E-state index contributed by atoms with van der Waals surface area (Å²) in [5.41, 5.74) is 0.948. The van der Waals surface area contributed by atoms with Crippen LogP contribution in [0.5, 0.6) is 0 Å². The molecule has 2 aromatic rings. The molecule has 1 heterocycles. The van der Waals surface area contributed by atoms with Crippen molar-refractivity contribution < 1.29 is 4.74 Å². The molecule has 1 aromatic heterocycles. The zero-order valence-corrected chi connectivity index (χ0v) is 11.2. The van der Waals surface area contributed by atoms with Crippen LogP contribution in [0.3, 0.4) is 0 Å². The number of nitrogens with zero attached hydrogens (tertiary/aromatic N) is 2. The Kier molecular flexibility index (Phi) is 4.86. The third-order valence-electron chi connectivity index (χ3n) is 2.88. The first kappa shape index (κ1) is 13.5. The van der Waals surface area contributed by atoms with Crippen LogP contribution in [-0.4, -0.2) is 30.0 Å². The molecule has 0 amide bonds. The summed E-state index contributed by atoms with van der Waals surface area (Å²) >= 11 is 0. The highest BCUT2D eigenvalue weighted by Crippen LogP contribution is 2.21. The third kappa shape index (κ3) is 3.51. The molecule has 4 heteroatoms. The van der Waals surface area contributed by atoms with Crippen LogP contribution in [0.25, 0.3) is 10.8 Å². The van der Waals surface area contributed by atoms with Gasteiger partial charge in [0.15, 0.2) is 5.82 Å². The first-order valence-corrected chi connectivity index (χ1v) is 6.47. The summed E-state index contributed by atoms with van der Waals surface area (Å²) in [6.07, 6.45) is 2.74. The Bertz CT molecular complexity index is 554. The Balaban J connectivity index is 1.97. The van der Waals surface area contributed by atoms with Crippen molar-refractivity contribution in [3.8, 4) is 0 Å². The van der Waals surface area contributed by atoms with E-state index in [2.05, 4.69) is 34.2 Å². The number of hydrogen-bond donors (Lipinski definition) is 1. The molecule has 0 unspecified atom stereocenters. The fourth-order valence-corrected chi connectivity index (χ4v) is 1.88. The van der Waals surface area contributed by atoms with Crippen molar-refractivity contribution in [3.63, 3.8) is 0 Å². The van der Waals surface area contributed by atoms with Crippen molar-refractivity contribution in [3.05, 3.63) is 42.6 Å². The van der Waals surface area contributed by atoms with Crippen molar-refractivity contribution in [2.75, 3.05) is 25.1 Å². The van der Waals surface area contributed by atoms with Crippen molar-refractivity contribution in [1.82, 2.24) is 10.2 Å².